The lowest BCUT2D eigenvalue weighted by molar-refractivity contribution is 0.408. The molecule has 0 saturated carbocycles. The van der Waals surface area contributed by atoms with Gasteiger partial charge in [0.15, 0.2) is 5.03 Å². The first-order chi connectivity index (χ1) is 10.3. The van der Waals surface area contributed by atoms with Crippen molar-refractivity contribution in [2.24, 2.45) is 5.92 Å². The highest BCUT2D eigenvalue weighted by atomic mass is 32.2. The lowest BCUT2D eigenvalue weighted by Crippen LogP contribution is -2.13. The molecule has 8 heteroatoms. The molecule has 0 bridgehead atoms. The number of nitrogens with zero attached hydrogens (tertiary/aromatic N) is 2. The van der Waals surface area contributed by atoms with Crippen molar-refractivity contribution in [2.45, 2.75) is 25.4 Å². The zero-order valence-corrected chi connectivity index (χ0v) is 13.5. The fourth-order valence-corrected chi connectivity index (χ4v) is 2.96. The Morgan fingerprint density at radius 2 is 2.09 bits per heavy atom. The van der Waals surface area contributed by atoms with Crippen LogP contribution in [0.25, 0.3) is 0 Å². The van der Waals surface area contributed by atoms with Gasteiger partial charge >= 0.3 is 0 Å². The van der Waals surface area contributed by atoms with Crippen molar-refractivity contribution in [3.05, 3.63) is 30.7 Å². The number of phenols is 1. The van der Waals surface area contributed by atoms with Crippen molar-refractivity contribution < 1.29 is 18.3 Å². The lowest BCUT2D eigenvalue weighted by atomic mass is 10.2. The van der Waals surface area contributed by atoms with Crippen LogP contribution in [0.4, 0.5) is 5.69 Å². The maximum Gasteiger partial charge on any atom is 0.280 e. The molecule has 0 aliphatic carbocycles. The highest BCUT2D eigenvalue weighted by Gasteiger charge is 2.18. The minimum Gasteiger partial charge on any atom is -0.508 e. The van der Waals surface area contributed by atoms with Gasteiger partial charge in [-0.25, -0.2) is 4.98 Å². The quantitative estimate of drug-likeness (QED) is 0.848. The van der Waals surface area contributed by atoms with Crippen LogP contribution in [0.1, 0.15) is 13.8 Å². The molecule has 7 nitrogen and oxygen atoms in total. The van der Waals surface area contributed by atoms with Crippen LogP contribution in [0.15, 0.2) is 35.7 Å². The number of aromatic hydroxyl groups is 1. The van der Waals surface area contributed by atoms with Crippen LogP contribution in [0.5, 0.6) is 11.5 Å². The van der Waals surface area contributed by atoms with E-state index in [1.54, 1.807) is 4.57 Å². The number of nitrogens with one attached hydrogen (secondary N) is 1. The van der Waals surface area contributed by atoms with Gasteiger partial charge in [-0.15, -0.1) is 0 Å². The minimum atomic E-state index is -3.82. The number of sulfonamides is 1. The monoisotopic (exact) mass is 325 g/mol. The van der Waals surface area contributed by atoms with E-state index in [-0.39, 0.29) is 16.5 Å². The average Bonchev–Trinajstić information content (AvgIpc) is 2.85. The summed E-state index contributed by atoms with van der Waals surface area (Å²) >= 11 is 0. The van der Waals surface area contributed by atoms with Crippen LogP contribution in [0.2, 0.25) is 0 Å². The second-order valence-corrected chi connectivity index (χ2v) is 6.96. The van der Waals surface area contributed by atoms with Gasteiger partial charge in [0.05, 0.1) is 19.1 Å². The molecule has 1 heterocycles. The van der Waals surface area contributed by atoms with Crippen molar-refractivity contribution in [3.8, 4) is 11.5 Å². The topological polar surface area (TPSA) is 93.5 Å². The molecule has 2 N–H and O–H groups in total. The van der Waals surface area contributed by atoms with Crippen molar-refractivity contribution >= 4 is 15.7 Å². The summed E-state index contributed by atoms with van der Waals surface area (Å²) in [5, 5.41) is 9.49. The molecule has 0 atom stereocenters. The van der Waals surface area contributed by atoms with Crippen LogP contribution in [-0.2, 0) is 16.6 Å². The zero-order chi connectivity index (χ0) is 16.3. The van der Waals surface area contributed by atoms with Gasteiger partial charge in [-0.2, -0.15) is 8.42 Å². The van der Waals surface area contributed by atoms with Gasteiger partial charge in [0.1, 0.15) is 11.5 Å². The molecule has 0 spiro atoms. The molecule has 2 rings (SSSR count). The van der Waals surface area contributed by atoms with Gasteiger partial charge < -0.3 is 14.4 Å². The van der Waals surface area contributed by atoms with Crippen molar-refractivity contribution in [3.63, 3.8) is 0 Å². The normalized spacial score (nSPS) is 11.6. The lowest BCUT2D eigenvalue weighted by Gasteiger charge is -2.08. The molecule has 0 aliphatic heterocycles. The molecular weight excluding hydrogens is 306 g/mol. The summed E-state index contributed by atoms with van der Waals surface area (Å²) in [6, 6.07) is 4.16. The summed E-state index contributed by atoms with van der Waals surface area (Å²) in [6.07, 6.45) is 2.96. The van der Waals surface area contributed by atoms with E-state index in [9.17, 15) is 13.5 Å². The number of aromatic nitrogens is 2. The highest BCUT2D eigenvalue weighted by molar-refractivity contribution is 7.92. The van der Waals surface area contributed by atoms with Crippen molar-refractivity contribution in [1.29, 1.82) is 0 Å². The van der Waals surface area contributed by atoms with Crippen LogP contribution in [0, 0.1) is 5.92 Å². The molecule has 120 valence electrons. The maximum atomic E-state index is 12.3. The van der Waals surface area contributed by atoms with E-state index in [2.05, 4.69) is 9.71 Å². The van der Waals surface area contributed by atoms with Gasteiger partial charge in [-0.3, -0.25) is 4.72 Å². The number of imidazole rings is 1. The summed E-state index contributed by atoms with van der Waals surface area (Å²) in [5.74, 6) is 0.637. The first kappa shape index (κ1) is 16.2. The molecule has 0 fully saturated rings. The number of hydrogen-bond acceptors (Lipinski definition) is 5. The Labute approximate surface area is 129 Å². The molecule has 0 unspecified atom stereocenters. The average molecular weight is 325 g/mol. The Morgan fingerprint density at radius 1 is 1.36 bits per heavy atom. The largest absolute Gasteiger partial charge is 0.508 e. The standard InChI is InChI=1S/C14H19N3O4S/c1-10(2)7-17-8-14(15-9-17)22(19,20)16-11-4-12(18)6-13(5-11)21-3/h4-6,8-10,16,18H,7H2,1-3H3. The molecule has 0 radical (unpaired) electrons. The number of rotatable bonds is 6. The van der Waals surface area contributed by atoms with Crippen LogP contribution >= 0.6 is 0 Å². The number of anilines is 1. The molecular formula is C14H19N3O4S. The van der Waals surface area contributed by atoms with E-state index < -0.39 is 10.0 Å². The third-order valence-electron chi connectivity index (χ3n) is 2.84. The summed E-state index contributed by atoms with van der Waals surface area (Å²) in [4.78, 5) is 3.92. The number of hydrogen-bond donors (Lipinski definition) is 2. The Hall–Kier alpha value is -2.22. The Bertz CT molecular complexity index is 753. The summed E-state index contributed by atoms with van der Waals surface area (Å²) in [6.45, 7) is 4.75. The SMILES string of the molecule is COc1cc(O)cc(NS(=O)(=O)c2cn(CC(C)C)cn2)c1. The first-order valence-electron chi connectivity index (χ1n) is 6.73. The minimum absolute atomic E-state index is 0.0736. The fraction of sp³-hybridized carbons (Fsp3) is 0.357. The molecule has 22 heavy (non-hydrogen) atoms. The first-order valence-corrected chi connectivity index (χ1v) is 8.21. The number of benzene rings is 1. The van der Waals surface area contributed by atoms with Crippen LogP contribution < -0.4 is 9.46 Å². The summed E-state index contributed by atoms with van der Waals surface area (Å²) in [7, 11) is -2.39. The second kappa shape index (κ2) is 6.27. The van der Waals surface area contributed by atoms with E-state index >= 15 is 0 Å². The Kier molecular flexibility index (Phi) is 4.60. The third-order valence-corrected chi connectivity index (χ3v) is 4.11. The van der Waals surface area contributed by atoms with E-state index in [4.69, 9.17) is 4.74 Å². The smallest absolute Gasteiger partial charge is 0.280 e. The molecule has 0 amide bonds. The second-order valence-electron chi connectivity index (χ2n) is 5.33. The van der Waals surface area contributed by atoms with Crippen molar-refractivity contribution in [2.75, 3.05) is 11.8 Å². The summed E-state index contributed by atoms with van der Waals surface area (Å²) < 4.78 is 33.7. The summed E-state index contributed by atoms with van der Waals surface area (Å²) in [5.41, 5.74) is 0.204. The predicted molar refractivity (Wildman–Crippen MR) is 82.5 cm³/mol. The van der Waals surface area contributed by atoms with Crippen molar-refractivity contribution in [1.82, 2.24) is 9.55 Å². The molecule has 0 aliphatic rings. The van der Waals surface area contributed by atoms with E-state index in [1.807, 2.05) is 13.8 Å². The Balaban J connectivity index is 2.24. The molecule has 0 saturated heterocycles. The fourth-order valence-electron chi connectivity index (χ4n) is 1.97. The predicted octanol–water partition coefficient (Wildman–Crippen LogP) is 2.05. The molecule has 1 aromatic carbocycles. The number of phenolic OH excluding ortho intramolecular Hbond substituents is 1. The van der Waals surface area contributed by atoms with Gasteiger partial charge in [-0.05, 0) is 5.92 Å². The highest BCUT2D eigenvalue weighted by Crippen LogP contribution is 2.26. The van der Waals surface area contributed by atoms with E-state index in [1.165, 1.54) is 37.8 Å². The number of ether oxygens (including phenoxy) is 1. The van der Waals surface area contributed by atoms with Gasteiger partial charge in [0.25, 0.3) is 10.0 Å². The number of methoxy groups -OCH3 is 1. The Morgan fingerprint density at radius 3 is 2.73 bits per heavy atom. The van der Waals surface area contributed by atoms with E-state index in [0.717, 1.165) is 0 Å². The van der Waals surface area contributed by atoms with Crippen LogP contribution in [0.3, 0.4) is 0 Å². The van der Waals surface area contributed by atoms with Gasteiger partial charge in [0.2, 0.25) is 0 Å². The zero-order valence-electron chi connectivity index (χ0n) is 12.6. The molecule has 1 aromatic heterocycles. The molecule has 2 aromatic rings. The van der Waals surface area contributed by atoms with Gasteiger partial charge in [0, 0.05) is 30.9 Å². The van der Waals surface area contributed by atoms with Gasteiger partial charge in [-0.1, -0.05) is 13.8 Å². The van der Waals surface area contributed by atoms with E-state index in [0.29, 0.717) is 18.2 Å². The third kappa shape index (κ3) is 3.91. The van der Waals surface area contributed by atoms with Crippen LogP contribution in [-0.4, -0.2) is 30.2 Å². The maximum absolute atomic E-state index is 12.3.